The lowest BCUT2D eigenvalue weighted by Gasteiger charge is -2.08. The summed E-state index contributed by atoms with van der Waals surface area (Å²) in [6, 6.07) is 5.58. The molecule has 19 heavy (non-hydrogen) atoms. The lowest BCUT2D eigenvalue weighted by Crippen LogP contribution is -2.27. The van der Waals surface area contributed by atoms with Crippen LogP contribution in [0.4, 0.5) is 8.78 Å². The molecule has 0 aromatic heterocycles. The summed E-state index contributed by atoms with van der Waals surface area (Å²) >= 11 is 0. The monoisotopic (exact) mass is 274 g/mol. The summed E-state index contributed by atoms with van der Waals surface area (Å²) in [5, 5.41) is 2.59. The van der Waals surface area contributed by atoms with Gasteiger partial charge in [-0.15, -0.1) is 0 Å². The van der Waals surface area contributed by atoms with Crippen LogP contribution in [0.1, 0.15) is 10.4 Å². The van der Waals surface area contributed by atoms with Crippen LogP contribution in [-0.2, 0) is 4.74 Å². The first-order valence-corrected chi connectivity index (χ1v) is 5.74. The molecule has 0 aliphatic heterocycles. The number of nitrogens with one attached hydrogen (secondary N) is 1. The normalized spacial score (nSPS) is 10.5. The van der Waals surface area contributed by atoms with Gasteiger partial charge in [-0.1, -0.05) is 6.07 Å². The number of amides is 1. The van der Waals surface area contributed by atoms with Gasteiger partial charge in [-0.05, 0) is 18.2 Å². The first-order chi connectivity index (χ1) is 9.13. The molecular formula is C12H16F2N2O3. The van der Waals surface area contributed by atoms with Gasteiger partial charge in [-0.2, -0.15) is 8.78 Å². The van der Waals surface area contributed by atoms with Crippen molar-refractivity contribution >= 4 is 5.91 Å². The molecule has 0 atom stereocenters. The highest BCUT2D eigenvalue weighted by atomic mass is 19.3. The smallest absolute Gasteiger partial charge is 0.387 e. The molecule has 1 aromatic rings. The summed E-state index contributed by atoms with van der Waals surface area (Å²) in [7, 11) is 0. The van der Waals surface area contributed by atoms with E-state index in [9.17, 15) is 13.6 Å². The second kappa shape index (κ2) is 8.39. The molecule has 0 fully saturated rings. The Morgan fingerprint density at radius 1 is 1.37 bits per heavy atom. The third-order valence-electron chi connectivity index (χ3n) is 2.12. The van der Waals surface area contributed by atoms with Crippen LogP contribution in [0.25, 0.3) is 0 Å². The average Bonchev–Trinajstić information content (AvgIpc) is 2.38. The Labute approximate surface area is 109 Å². The maximum Gasteiger partial charge on any atom is 0.387 e. The van der Waals surface area contributed by atoms with Crippen molar-refractivity contribution in [3.05, 3.63) is 29.8 Å². The molecule has 0 aliphatic rings. The van der Waals surface area contributed by atoms with Crippen molar-refractivity contribution in [3.63, 3.8) is 0 Å². The highest BCUT2D eigenvalue weighted by Crippen LogP contribution is 2.15. The predicted octanol–water partition coefficient (Wildman–Crippen LogP) is 0.993. The molecule has 1 amide bonds. The third-order valence-corrected chi connectivity index (χ3v) is 2.12. The number of nitrogens with two attached hydrogens (primary N) is 1. The average molecular weight is 274 g/mol. The summed E-state index contributed by atoms with van der Waals surface area (Å²) in [5.41, 5.74) is 5.48. The van der Waals surface area contributed by atoms with Crippen LogP contribution in [0.3, 0.4) is 0 Å². The van der Waals surface area contributed by atoms with Gasteiger partial charge in [0.15, 0.2) is 0 Å². The van der Waals surface area contributed by atoms with Gasteiger partial charge < -0.3 is 20.5 Å². The van der Waals surface area contributed by atoms with E-state index in [1.165, 1.54) is 24.3 Å². The number of alkyl halides is 2. The van der Waals surface area contributed by atoms with Crippen molar-refractivity contribution < 1.29 is 23.0 Å². The molecule has 0 unspecified atom stereocenters. The minimum absolute atomic E-state index is 0.0537. The summed E-state index contributed by atoms with van der Waals surface area (Å²) < 4.78 is 33.3. The van der Waals surface area contributed by atoms with Crippen LogP contribution < -0.4 is 15.8 Å². The van der Waals surface area contributed by atoms with Crippen LogP contribution in [-0.4, -0.2) is 38.8 Å². The maximum atomic E-state index is 12.0. The zero-order chi connectivity index (χ0) is 14.1. The molecule has 0 bridgehead atoms. The lowest BCUT2D eigenvalue weighted by atomic mass is 10.2. The number of carbonyl (C=O) groups excluding carboxylic acids is 1. The standard InChI is InChI=1S/C12H16F2N2O3/c13-12(14)19-10-3-1-2-9(8-10)11(17)16-5-7-18-6-4-15/h1-3,8,12H,4-7,15H2,(H,16,17). The van der Waals surface area contributed by atoms with Crippen molar-refractivity contribution in [2.24, 2.45) is 5.73 Å². The molecule has 0 radical (unpaired) electrons. The van der Waals surface area contributed by atoms with E-state index in [-0.39, 0.29) is 17.2 Å². The Kier molecular flexibility index (Phi) is 6.76. The Morgan fingerprint density at radius 2 is 2.16 bits per heavy atom. The van der Waals surface area contributed by atoms with E-state index in [4.69, 9.17) is 10.5 Å². The molecule has 3 N–H and O–H groups in total. The lowest BCUT2D eigenvalue weighted by molar-refractivity contribution is -0.0498. The molecule has 0 aliphatic carbocycles. The van der Waals surface area contributed by atoms with Gasteiger partial charge in [0.1, 0.15) is 5.75 Å². The number of hydrogen-bond acceptors (Lipinski definition) is 4. The van der Waals surface area contributed by atoms with Crippen LogP contribution in [0, 0.1) is 0 Å². The van der Waals surface area contributed by atoms with Gasteiger partial charge in [-0.3, -0.25) is 4.79 Å². The molecule has 0 saturated carbocycles. The molecule has 5 nitrogen and oxygen atoms in total. The molecule has 0 saturated heterocycles. The number of benzene rings is 1. The number of hydrogen-bond donors (Lipinski definition) is 2. The van der Waals surface area contributed by atoms with E-state index >= 15 is 0 Å². The largest absolute Gasteiger partial charge is 0.435 e. The summed E-state index contributed by atoms with van der Waals surface area (Å²) in [5.74, 6) is -0.432. The number of halogens is 2. The summed E-state index contributed by atoms with van der Waals surface area (Å²) in [6.07, 6.45) is 0. The zero-order valence-corrected chi connectivity index (χ0v) is 10.3. The highest BCUT2D eigenvalue weighted by Gasteiger charge is 2.08. The fraction of sp³-hybridized carbons (Fsp3) is 0.417. The molecule has 106 valence electrons. The summed E-state index contributed by atoms with van der Waals surface area (Å²) in [4.78, 5) is 11.7. The number of rotatable bonds is 8. The third kappa shape index (κ3) is 6.12. The Morgan fingerprint density at radius 3 is 2.84 bits per heavy atom. The second-order valence-corrected chi connectivity index (χ2v) is 3.56. The maximum absolute atomic E-state index is 12.0. The topological polar surface area (TPSA) is 73.6 Å². The van der Waals surface area contributed by atoms with Crippen molar-refractivity contribution in [1.82, 2.24) is 5.32 Å². The first kappa shape index (κ1) is 15.3. The van der Waals surface area contributed by atoms with E-state index in [1.807, 2.05) is 0 Å². The van der Waals surface area contributed by atoms with Gasteiger partial charge >= 0.3 is 6.61 Å². The Balaban J connectivity index is 2.43. The van der Waals surface area contributed by atoms with E-state index in [0.717, 1.165) is 0 Å². The van der Waals surface area contributed by atoms with E-state index in [1.54, 1.807) is 0 Å². The Hall–Kier alpha value is -1.73. The van der Waals surface area contributed by atoms with E-state index in [2.05, 4.69) is 10.1 Å². The van der Waals surface area contributed by atoms with Crippen molar-refractivity contribution in [2.45, 2.75) is 6.61 Å². The van der Waals surface area contributed by atoms with Crippen LogP contribution in [0.5, 0.6) is 5.75 Å². The van der Waals surface area contributed by atoms with Crippen molar-refractivity contribution in [3.8, 4) is 5.75 Å². The van der Waals surface area contributed by atoms with E-state index in [0.29, 0.717) is 26.3 Å². The minimum atomic E-state index is -2.91. The number of ether oxygens (including phenoxy) is 2. The van der Waals surface area contributed by atoms with E-state index < -0.39 is 6.61 Å². The van der Waals surface area contributed by atoms with Gasteiger partial charge in [0.25, 0.3) is 5.91 Å². The van der Waals surface area contributed by atoms with Gasteiger partial charge in [0.2, 0.25) is 0 Å². The van der Waals surface area contributed by atoms with Gasteiger partial charge in [0, 0.05) is 18.7 Å². The summed E-state index contributed by atoms with van der Waals surface area (Å²) in [6.45, 7) is -1.41. The quantitative estimate of drug-likeness (QED) is 0.693. The van der Waals surface area contributed by atoms with Crippen molar-refractivity contribution in [2.75, 3.05) is 26.3 Å². The minimum Gasteiger partial charge on any atom is -0.435 e. The van der Waals surface area contributed by atoms with Gasteiger partial charge in [0.05, 0.1) is 13.2 Å². The first-order valence-electron chi connectivity index (χ1n) is 5.74. The molecular weight excluding hydrogens is 258 g/mol. The van der Waals surface area contributed by atoms with Crippen molar-refractivity contribution in [1.29, 1.82) is 0 Å². The Bertz CT molecular complexity index is 402. The van der Waals surface area contributed by atoms with Crippen LogP contribution in [0.2, 0.25) is 0 Å². The molecule has 1 rings (SSSR count). The SMILES string of the molecule is NCCOCCNC(=O)c1cccc(OC(F)F)c1. The highest BCUT2D eigenvalue weighted by molar-refractivity contribution is 5.94. The predicted molar refractivity (Wildman–Crippen MR) is 65.3 cm³/mol. The zero-order valence-electron chi connectivity index (χ0n) is 10.3. The molecule has 7 heteroatoms. The molecule has 0 heterocycles. The molecule has 0 spiro atoms. The van der Waals surface area contributed by atoms with Crippen LogP contribution in [0.15, 0.2) is 24.3 Å². The van der Waals surface area contributed by atoms with Crippen LogP contribution >= 0.6 is 0 Å². The fourth-order valence-corrected chi connectivity index (χ4v) is 1.34. The fourth-order valence-electron chi connectivity index (χ4n) is 1.34. The second-order valence-electron chi connectivity index (χ2n) is 3.56. The molecule has 1 aromatic carbocycles. The number of carbonyl (C=O) groups is 1. The van der Waals surface area contributed by atoms with Gasteiger partial charge in [-0.25, -0.2) is 0 Å².